The molecule has 296 valence electrons. The van der Waals surface area contributed by atoms with Crippen molar-refractivity contribution in [2.45, 2.75) is 12.8 Å². The van der Waals surface area contributed by atoms with Gasteiger partial charge in [0, 0.05) is 38.2 Å². The smallest absolute Gasteiger partial charge is 0.162 e. The van der Waals surface area contributed by atoms with Gasteiger partial charge in [-0.05, 0) is 78.1 Å². The maximum Gasteiger partial charge on any atom is 0.162 e. The van der Waals surface area contributed by atoms with Crippen molar-refractivity contribution in [2.75, 3.05) is 0 Å². The predicted molar refractivity (Wildman–Crippen MR) is 261 cm³/mol. The van der Waals surface area contributed by atoms with Crippen molar-refractivity contribution in [2.24, 2.45) is 0 Å². The van der Waals surface area contributed by atoms with Gasteiger partial charge >= 0.3 is 0 Å². The standard InChI is InChI=1S/C58H39N5/c1-3-19-38(20-4-1)40-35-47(39-21-5-2-6-22-39)60-48(36-40)56-55(61-49-29-13-7-23-41(49)42-24-8-14-30-50(42)61)37-59-58(63-53-33-17-11-27-45(53)46-28-12-18-34-54(46)63)57(56)62-51-31-15-9-25-43(51)44-26-10-16-32-52(44)62/h1-9,11-25,27-37H,10,26H2. The maximum atomic E-state index is 5.76. The summed E-state index contributed by atoms with van der Waals surface area (Å²) in [7, 11) is 0. The summed E-state index contributed by atoms with van der Waals surface area (Å²) in [6.07, 6.45) is 8.70. The number of rotatable bonds is 6. The van der Waals surface area contributed by atoms with Crippen LogP contribution in [0.25, 0.3) is 111 Å². The van der Waals surface area contributed by atoms with Gasteiger partial charge in [0.05, 0.1) is 56.4 Å². The number of pyridine rings is 2. The SMILES string of the molecule is C1=Cc2c(c3ccccc3n2-c2c(-n3c4ccccc4c4ccccc43)ncc(-n3c4ccccc4c4ccccc43)c2-c2cc(-c3ccccc3)cc(-c3ccccc3)n2)CC1. The van der Waals surface area contributed by atoms with Gasteiger partial charge in [0.25, 0.3) is 0 Å². The van der Waals surface area contributed by atoms with E-state index in [1.807, 2.05) is 0 Å². The van der Waals surface area contributed by atoms with Gasteiger partial charge < -0.3 is 9.13 Å². The van der Waals surface area contributed by atoms with Crippen LogP contribution in [0.1, 0.15) is 17.7 Å². The van der Waals surface area contributed by atoms with E-state index in [-0.39, 0.29) is 0 Å². The van der Waals surface area contributed by atoms with Gasteiger partial charge in [-0.15, -0.1) is 0 Å². The molecule has 0 saturated heterocycles. The highest BCUT2D eigenvalue weighted by Gasteiger charge is 2.30. The first-order chi connectivity index (χ1) is 31.3. The number of aromatic nitrogens is 5. The normalized spacial score (nSPS) is 12.6. The molecule has 7 aromatic carbocycles. The molecular weight excluding hydrogens is 767 g/mol. The van der Waals surface area contributed by atoms with Crippen molar-refractivity contribution in [1.82, 2.24) is 23.7 Å². The number of allylic oxidation sites excluding steroid dienone is 1. The molecule has 0 saturated carbocycles. The molecular formula is C58H39N5. The molecule has 13 rings (SSSR count). The van der Waals surface area contributed by atoms with E-state index in [2.05, 4.69) is 226 Å². The van der Waals surface area contributed by atoms with E-state index in [0.717, 1.165) is 91.3 Å². The molecule has 12 aromatic rings. The lowest BCUT2D eigenvalue weighted by Gasteiger charge is -2.24. The van der Waals surface area contributed by atoms with Gasteiger partial charge in [0.1, 0.15) is 5.69 Å². The predicted octanol–water partition coefficient (Wildman–Crippen LogP) is 14.6. The molecule has 0 aliphatic heterocycles. The molecule has 5 nitrogen and oxygen atoms in total. The third kappa shape index (κ3) is 5.43. The Morgan fingerprint density at radius 1 is 0.413 bits per heavy atom. The van der Waals surface area contributed by atoms with Crippen LogP contribution in [-0.2, 0) is 6.42 Å². The van der Waals surface area contributed by atoms with Crippen LogP contribution in [0.2, 0.25) is 0 Å². The van der Waals surface area contributed by atoms with E-state index in [4.69, 9.17) is 9.97 Å². The number of aryl methyl sites for hydroxylation is 1. The van der Waals surface area contributed by atoms with Gasteiger partial charge in [-0.3, -0.25) is 4.57 Å². The van der Waals surface area contributed by atoms with Crippen molar-refractivity contribution in [1.29, 1.82) is 0 Å². The second-order valence-electron chi connectivity index (χ2n) is 16.4. The topological polar surface area (TPSA) is 40.6 Å². The lowest BCUT2D eigenvalue weighted by Crippen LogP contribution is -2.13. The van der Waals surface area contributed by atoms with Gasteiger partial charge in [-0.1, -0.05) is 158 Å². The van der Waals surface area contributed by atoms with Crippen molar-refractivity contribution >= 4 is 60.6 Å². The molecule has 0 fully saturated rings. The molecule has 0 spiro atoms. The quantitative estimate of drug-likeness (QED) is 0.168. The minimum atomic E-state index is 0.836. The van der Waals surface area contributed by atoms with E-state index >= 15 is 0 Å². The molecule has 0 unspecified atom stereocenters. The fourth-order valence-electron chi connectivity index (χ4n) is 10.3. The average Bonchev–Trinajstić information content (AvgIpc) is 4.00. The Morgan fingerprint density at radius 3 is 1.48 bits per heavy atom. The molecule has 5 heterocycles. The molecule has 63 heavy (non-hydrogen) atoms. The summed E-state index contributed by atoms with van der Waals surface area (Å²) in [6.45, 7) is 0. The van der Waals surface area contributed by atoms with Crippen molar-refractivity contribution < 1.29 is 0 Å². The number of nitrogens with zero attached hydrogens (tertiary/aromatic N) is 5. The Morgan fingerprint density at radius 2 is 0.889 bits per heavy atom. The summed E-state index contributed by atoms with van der Waals surface area (Å²) in [5, 5.41) is 6.01. The second kappa shape index (κ2) is 14.2. The fraction of sp³-hybridized carbons (Fsp3) is 0.0345. The minimum Gasteiger partial charge on any atom is -0.307 e. The fourth-order valence-corrected chi connectivity index (χ4v) is 10.3. The lowest BCUT2D eigenvalue weighted by atomic mass is 9.98. The number of fused-ring (bicyclic) bond motifs is 9. The number of benzene rings is 7. The van der Waals surface area contributed by atoms with Crippen molar-refractivity contribution in [3.8, 4) is 50.8 Å². The Balaban J connectivity index is 1.28. The maximum absolute atomic E-state index is 5.76. The van der Waals surface area contributed by atoms with Crippen LogP contribution in [-0.4, -0.2) is 23.7 Å². The summed E-state index contributed by atoms with van der Waals surface area (Å²) < 4.78 is 7.29. The molecule has 0 bridgehead atoms. The minimum absolute atomic E-state index is 0.836. The summed E-state index contributed by atoms with van der Waals surface area (Å²) >= 11 is 0. The van der Waals surface area contributed by atoms with E-state index < -0.39 is 0 Å². The highest BCUT2D eigenvalue weighted by atomic mass is 15.1. The molecule has 0 radical (unpaired) electrons. The van der Waals surface area contributed by atoms with Crippen LogP contribution in [0.4, 0.5) is 0 Å². The van der Waals surface area contributed by atoms with E-state index in [1.165, 1.54) is 38.2 Å². The third-order valence-corrected chi connectivity index (χ3v) is 13.0. The highest BCUT2D eigenvalue weighted by Crippen LogP contribution is 2.46. The summed E-state index contributed by atoms with van der Waals surface area (Å²) in [4.78, 5) is 11.5. The molecule has 1 aliphatic rings. The zero-order valence-corrected chi connectivity index (χ0v) is 34.4. The van der Waals surface area contributed by atoms with Crippen LogP contribution >= 0.6 is 0 Å². The second-order valence-corrected chi connectivity index (χ2v) is 16.4. The van der Waals surface area contributed by atoms with Crippen LogP contribution < -0.4 is 0 Å². The Kier molecular flexibility index (Phi) is 7.97. The first kappa shape index (κ1) is 35.5. The number of hydrogen-bond acceptors (Lipinski definition) is 2. The Bertz CT molecular complexity index is 3630. The van der Waals surface area contributed by atoms with Crippen molar-refractivity contribution in [3.63, 3.8) is 0 Å². The van der Waals surface area contributed by atoms with Crippen LogP contribution in [0.5, 0.6) is 0 Å². The largest absolute Gasteiger partial charge is 0.307 e. The van der Waals surface area contributed by atoms with Gasteiger partial charge in [-0.25, -0.2) is 9.97 Å². The molecule has 5 heteroatoms. The monoisotopic (exact) mass is 805 g/mol. The Hall–Kier alpha value is -8.28. The lowest BCUT2D eigenvalue weighted by molar-refractivity contribution is 0.948. The zero-order valence-electron chi connectivity index (χ0n) is 34.4. The zero-order chi connectivity index (χ0) is 41.4. The highest BCUT2D eigenvalue weighted by molar-refractivity contribution is 6.12. The van der Waals surface area contributed by atoms with E-state index in [1.54, 1.807) is 0 Å². The molecule has 0 atom stereocenters. The van der Waals surface area contributed by atoms with Gasteiger partial charge in [0.15, 0.2) is 5.82 Å². The molecule has 0 N–H and O–H groups in total. The van der Waals surface area contributed by atoms with E-state index in [9.17, 15) is 0 Å². The Labute approximate surface area is 364 Å². The number of hydrogen-bond donors (Lipinski definition) is 0. The van der Waals surface area contributed by atoms with Crippen LogP contribution in [0.3, 0.4) is 0 Å². The first-order valence-corrected chi connectivity index (χ1v) is 21.7. The van der Waals surface area contributed by atoms with Gasteiger partial charge in [0.2, 0.25) is 0 Å². The van der Waals surface area contributed by atoms with E-state index in [0.29, 0.717) is 0 Å². The first-order valence-electron chi connectivity index (χ1n) is 21.7. The van der Waals surface area contributed by atoms with Crippen molar-refractivity contribution in [3.05, 3.63) is 218 Å². The summed E-state index contributed by atoms with van der Waals surface area (Å²) in [5.41, 5.74) is 16.0. The summed E-state index contributed by atoms with van der Waals surface area (Å²) in [6, 6.07) is 69.6. The molecule has 5 aromatic heterocycles. The average molecular weight is 806 g/mol. The third-order valence-electron chi connectivity index (χ3n) is 13.0. The molecule has 0 amide bonds. The van der Waals surface area contributed by atoms with Crippen LogP contribution in [0.15, 0.2) is 206 Å². The summed E-state index contributed by atoms with van der Waals surface area (Å²) in [5.74, 6) is 0.836. The van der Waals surface area contributed by atoms with Crippen LogP contribution in [0, 0.1) is 0 Å². The molecule has 1 aliphatic carbocycles. The number of para-hydroxylation sites is 5. The van der Waals surface area contributed by atoms with Gasteiger partial charge in [-0.2, -0.15) is 0 Å².